The van der Waals surface area contributed by atoms with Crippen LogP contribution in [0.2, 0.25) is 0 Å². The maximum atomic E-state index is 14.0. The molecule has 260 valence electrons. The zero-order valence-corrected chi connectivity index (χ0v) is 26.2. The minimum Gasteiger partial charge on any atom is -0.465 e. The van der Waals surface area contributed by atoms with Crippen molar-refractivity contribution in [3.05, 3.63) is 137 Å². The molecule has 0 saturated carbocycles. The molecule has 0 bridgehead atoms. The summed E-state index contributed by atoms with van der Waals surface area (Å²) in [7, 11) is 1.55. The van der Waals surface area contributed by atoms with Crippen molar-refractivity contribution in [2.75, 3.05) is 14.2 Å². The number of hydrogen-bond donors (Lipinski definition) is 0. The molecule has 0 aliphatic heterocycles. The average Bonchev–Trinajstić information content (AvgIpc) is 3.04. The number of carbonyl (C=O) groups excluding carboxylic acids is 2. The van der Waals surface area contributed by atoms with E-state index in [0.29, 0.717) is 24.3 Å². The zero-order chi connectivity index (χ0) is 36.7. The van der Waals surface area contributed by atoms with Crippen LogP contribution in [0.25, 0.3) is 0 Å². The number of rotatable bonds is 8. The van der Waals surface area contributed by atoms with Crippen LogP contribution in [0.5, 0.6) is 0 Å². The van der Waals surface area contributed by atoms with Crippen LogP contribution in [0.4, 0.5) is 26.3 Å². The molecular formula is C30H20Cl2F6N2O9. The second-order valence-electron chi connectivity index (χ2n) is 10.3. The Bertz CT molecular complexity index is 1730. The summed E-state index contributed by atoms with van der Waals surface area (Å²) in [4.78, 5) is 48.9. The standard InChI is InChI=1S/C30H20Cl2F6N2O9/c1-47-25(41)21-23(31)19(11-13-27(21,39(43)44)15-7-3-5-9-17(15)29(33,34)35)49-20-12-14-28(40(45)46,22(24(20)32)26(42)48-2)16-8-4-6-10-18(16)30(36,37)38/h3-14,19-20H,1-2H3. The van der Waals surface area contributed by atoms with Crippen LogP contribution in [-0.4, -0.2) is 48.2 Å². The van der Waals surface area contributed by atoms with Crippen molar-refractivity contribution in [1.82, 2.24) is 0 Å². The van der Waals surface area contributed by atoms with Crippen molar-refractivity contribution in [3.63, 3.8) is 0 Å². The van der Waals surface area contributed by atoms with Crippen LogP contribution >= 0.6 is 23.2 Å². The maximum Gasteiger partial charge on any atom is 0.416 e. The highest BCUT2D eigenvalue weighted by Gasteiger charge is 2.60. The van der Waals surface area contributed by atoms with E-state index in [0.717, 1.165) is 62.8 Å². The molecule has 49 heavy (non-hydrogen) atoms. The van der Waals surface area contributed by atoms with Crippen molar-refractivity contribution >= 4 is 35.1 Å². The lowest BCUT2D eigenvalue weighted by atomic mass is 9.76. The highest BCUT2D eigenvalue weighted by atomic mass is 35.5. The van der Waals surface area contributed by atoms with Crippen LogP contribution in [0.1, 0.15) is 22.3 Å². The second-order valence-corrected chi connectivity index (χ2v) is 11.1. The SMILES string of the molecule is COC(=O)C1=C(Cl)C(OC2C=CC(c3ccccc3C(F)(F)F)([N+](=O)[O-])C(C(=O)OC)=C2Cl)C=CC1(c1ccccc1C(F)(F)F)[N+](=O)[O-]. The third-order valence-corrected chi connectivity index (χ3v) is 8.51. The third kappa shape index (κ3) is 6.17. The summed E-state index contributed by atoms with van der Waals surface area (Å²) < 4.78 is 99.2. The summed E-state index contributed by atoms with van der Waals surface area (Å²) in [6.07, 6.45) is -11.1. The molecule has 0 amide bonds. The molecule has 4 rings (SSSR count). The number of alkyl halides is 6. The van der Waals surface area contributed by atoms with Gasteiger partial charge in [0.2, 0.25) is 0 Å². The number of benzene rings is 2. The first-order valence-corrected chi connectivity index (χ1v) is 14.2. The first-order chi connectivity index (χ1) is 22.8. The van der Waals surface area contributed by atoms with Gasteiger partial charge in [0, 0.05) is 33.1 Å². The lowest BCUT2D eigenvalue weighted by Crippen LogP contribution is -2.46. The van der Waals surface area contributed by atoms with E-state index in [1.807, 2.05) is 0 Å². The highest BCUT2D eigenvalue weighted by Crippen LogP contribution is 2.50. The Labute approximate surface area is 281 Å². The van der Waals surface area contributed by atoms with Gasteiger partial charge >= 0.3 is 24.3 Å². The third-order valence-electron chi connectivity index (χ3n) is 7.70. The summed E-state index contributed by atoms with van der Waals surface area (Å²) in [5, 5.41) is 23.5. The summed E-state index contributed by atoms with van der Waals surface area (Å²) in [6, 6.07) is 6.63. The molecule has 0 spiro atoms. The molecule has 2 aromatic rings. The van der Waals surface area contributed by atoms with E-state index in [4.69, 9.17) is 27.9 Å². The molecule has 4 atom stereocenters. The molecule has 4 unspecified atom stereocenters. The summed E-state index contributed by atoms with van der Waals surface area (Å²) in [5.74, 6) is -3.08. The van der Waals surface area contributed by atoms with Gasteiger partial charge in [0.1, 0.15) is 23.4 Å². The van der Waals surface area contributed by atoms with Crippen LogP contribution in [0.15, 0.2) is 94.0 Å². The number of hydrogen-bond acceptors (Lipinski definition) is 9. The Morgan fingerprint density at radius 1 is 0.694 bits per heavy atom. The summed E-state index contributed by atoms with van der Waals surface area (Å²) >= 11 is 12.9. The zero-order valence-electron chi connectivity index (χ0n) is 24.7. The van der Waals surface area contributed by atoms with Gasteiger partial charge in [0.05, 0.1) is 35.4 Å². The van der Waals surface area contributed by atoms with Crippen molar-refractivity contribution in [2.45, 2.75) is 35.6 Å². The van der Waals surface area contributed by atoms with Crippen LogP contribution in [-0.2, 0) is 47.2 Å². The molecule has 2 aromatic carbocycles. The number of nitro groups is 2. The first-order valence-electron chi connectivity index (χ1n) is 13.4. The fourth-order valence-electron chi connectivity index (χ4n) is 5.59. The first kappa shape index (κ1) is 37.1. The van der Waals surface area contributed by atoms with Gasteiger partial charge in [-0.25, -0.2) is 9.59 Å². The monoisotopic (exact) mass is 736 g/mol. The smallest absolute Gasteiger partial charge is 0.416 e. The quantitative estimate of drug-likeness (QED) is 0.0962. The fourth-order valence-corrected chi connectivity index (χ4v) is 6.28. The van der Waals surface area contributed by atoms with Gasteiger partial charge in [0.15, 0.2) is 0 Å². The van der Waals surface area contributed by atoms with E-state index in [1.165, 1.54) is 0 Å². The van der Waals surface area contributed by atoms with Crippen molar-refractivity contribution in [3.8, 4) is 0 Å². The van der Waals surface area contributed by atoms with Gasteiger partial charge in [-0.05, 0) is 24.3 Å². The second kappa shape index (κ2) is 13.3. The molecule has 0 fully saturated rings. The van der Waals surface area contributed by atoms with E-state index < -0.39 is 101 Å². The normalized spacial score (nSPS) is 24.1. The number of ether oxygens (including phenoxy) is 3. The van der Waals surface area contributed by atoms with Gasteiger partial charge in [0.25, 0.3) is 11.1 Å². The van der Waals surface area contributed by atoms with E-state index in [2.05, 4.69) is 9.47 Å². The van der Waals surface area contributed by atoms with Crippen LogP contribution in [0.3, 0.4) is 0 Å². The molecule has 11 nitrogen and oxygen atoms in total. The molecule has 0 heterocycles. The number of nitrogens with zero attached hydrogens (tertiary/aromatic N) is 2. The fraction of sp³-hybridized carbons (Fsp3) is 0.267. The van der Waals surface area contributed by atoms with Crippen LogP contribution in [0, 0.1) is 20.2 Å². The topological polar surface area (TPSA) is 148 Å². The number of halogens is 8. The Morgan fingerprint density at radius 2 is 1.02 bits per heavy atom. The number of esters is 2. The predicted molar refractivity (Wildman–Crippen MR) is 157 cm³/mol. The van der Waals surface area contributed by atoms with Crippen molar-refractivity contribution in [1.29, 1.82) is 0 Å². The van der Waals surface area contributed by atoms with Gasteiger partial charge in [-0.2, -0.15) is 26.3 Å². The van der Waals surface area contributed by atoms with E-state index in [9.17, 15) is 56.2 Å². The Hall–Kier alpha value is -4.74. The van der Waals surface area contributed by atoms with Gasteiger partial charge in [-0.15, -0.1) is 0 Å². The number of methoxy groups -OCH3 is 2. The van der Waals surface area contributed by atoms with Crippen molar-refractivity contribution in [2.24, 2.45) is 0 Å². The number of carbonyl (C=O) groups is 2. The molecule has 2 aliphatic carbocycles. The molecule has 0 saturated heterocycles. The molecule has 0 N–H and O–H groups in total. The van der Waals surface area contributed by atoms with E-state index >= 15 is 0 Å². The largest absolute Gasteiger partial charge is 0.465 e. The predicted octanol–water partition coefficient (Wildman–Crippen LogP) is 6.59. The molecule has 19 heteroatoms. The molecule has 0 radical (unpaired) electrons. The maximum absolute atomic E-state index is 14.0. The molecular weight excluding hydrogens is 717 g/mol. The van der Waals surface area contributed by atoms with Gasteiger partial charge in [-0.3, -0.25) is 20.2 Å². The average molecular weight is 737 g/mol. The van der Waals surface area contributed by atoms with E-state index in [1.54, 1.807) is 0 Å². The van der Waals surface area contributed by atoms with Crippen molar-refractivity contribution < 1.29 is 60.0 Å². The summed E-state index contributed by atoms with van der Waals surface area (Å²) in [6.45, 7) is 0. The Balaban J connectivity index is 1.92. The van der Waals surface area contributed by atoms with Gasteiger partial charge < -0.3 is 14.2 Å². The minimum atomic E-state index is -5.14. The highest BCUT2D eigenvalue weighted by molar-refractivity contribution is 6.33. The molecule has 0 aromatic heterocycles. The van der Waals surface area contributed by atoms with Crippen LogP contribution < -0.4 is 0 Å². The van der Waals surface area contributed by atoms with Gasteiger partial charge in [-0.1, -0.05) is 59.6 Å². The minimum absolute atomic E-state index is 0.546. The molecule has 2 aliphatic rings. The lowest BCUT2D eigenvalue weighted by molar-refractivity contribution is -0.552. The Kier molecular flexibility index (Phi) is 10.1. The lowest BCUT2D eigenvalue weighted by Gasteiger charge is -2.35. The van der Waals surface area contributed by atoms with E-state index in [-0.39, 0.29) is 0 Å². The Morgan fingerprint density at radius 3 is 1.31 bits per heavy atom. The summed E-state index contributed by atoms with van der Waals surface area (Å²) in [5.41, 5.74) is -13.4.